The van der Waals surface area contributed by atoms with Crippen LogP contribution in [0, 0.1) is 0 Å². The Hall–Kier alpha value is -5.69. The SMILES string of the molecule is NC(=O)CC(NC(=O)C(Cc1ccc(O)cc1)NC(=O)C(N)Cc1ccccc1)C(=O)NC(Cc1c[nH]c2ccccc12)C(=O)O. The van der Waals surface area contributed by atoms with Gasteiger partial charge in [0.15, 0.2) is 0 Å². The van der Waals surface area contributed by atoms with E-state index in [0.717, 1.165) is 16.5 Å². The summed E-state index contributed by atoms with van der Waals surface area (Å²) in [6.45, 7) is 0. The summed E-state index contributed by atoms with van der Waals surface area (Å²) in [5.41, 5.74) is 14.3. The number of carboxylic acid groups (broad SMARTS) is 1. The van der Waals surface area contributed by atoms with Crippen molar-refractivity contribution >= 4 is 40.5 Å². The Morgan fingerprint density at radius 1 is 0.696 bits per heavy atom. The topological polar surface area (TPSA) is 230 Å². The van der Waals surface area contributed by atoms with Crippen LogP contribution in [0.25, 0.3) is 10.9 Å². The van der Waals surface area contributed by atoms with Crippen LogP contribution in [0.1, 0.15) is 23.1 Å². The predicted octanol–water partition coefficient (Wildman–Crippen LogP) is 0.643. The number of carbonyl (C=O) groups excluding carboxylic acids is 4. The van der Waals surface area contributed by atoms with Gasteiger partial charge in [0, 0.05) is 29.9 Å². The van der Waals surface area contributed by atoms with Crippen molar-refractivity contribution in [1.29, 1.82) is 0 Å². The third kappa shape index (κ3) is 9.16. The van der Waals surface area contributed by atoms with E-state index in [0.29, 0.717) is 11.1 Å². The van der Waals surface area contributed by atoms with Gasteiger partial charge in [-0.05, 0) is 41.3 Å². The Morgan fingerprint density at radius 2 is 1.28 bits per heavy atom. The molecule has 4 rings (SSSR count). The highest BCUT2D eigenvalue weighted by Gasteiger charge is 2.32. The number of phenolic OH excluding ortho intramolecular Hbond substituents is 1. The zero-order valence-corrected chi connectivity index (χ0v) is 24.8. The number of hydrogen-bond acceptors (Lipinski definition) is 7. The van der Waals surface area contributed by atoms with Gasteiger partial charge in [-0.1, -0.05) is 60.7 Å². The first-order chi connectivity index (χ1) is 22.0. The normalized spacial score (nSPS) is 13.6. The maximum Gasteiger partial charge on any atom is 0.326 e. The van der Waals surface area contributed by atoms with Crippen LogP contribution in [0.2, 0.25) is 0 Å². The molecule has 240 valence electrons. The van der Waals surface area contributed by atoms with Crippen LogP contribution in [-0.2, 0) is 43.2 Å². The van der Waals surface area contributed by atoms with E-state index >= 15 is 0 Å². The number of nitrogens with two attached hydrogens (primary N) is 2. The number of aromatic amines is 1. The number of aromatic hydroxyl groups is 1. The van der Waals surface area contributed by atoms with Gasteiger partial charge < -0.3 is 42.6 Å². The van der Waals surface area contributed by atoms with Gasteiger partial charge in [-0.3, -0.25) is 19.2 Å². The first-order valence-corrected chi connectivity index (χ1v) is 14.5. The molecule has 0 bridgehead atoms. The van der Waals surface area contributed by atoms with Gasteiger partial charge in [0.2, 0.25) is 23.6 Å². The van der Waals surface area contributed by atoms with Gasteiger partial charge in [-0.25, -0.2) is 4.79 Å². The smallest absolute Gasteiger partial charge is 0.326 e. The standard InChI is InChI=1S/C33H36N6O7/c34-24(14-19-6-2-1-3-7-19)30(42)37-26(15-20-10-12-22(40)13-11-20)31(43)38-27(17-29(35)41)32(44)39-28(33(45)46)16-21-18-36-25-9-5-4-8-23(21)25/h1-13,18,24,26-28,36,40H,14-17,34H2,(H2,35,41)(H,37,42)(H,38,43)(H,39,44)(H,45,46). The molecule has 4 amide bonds. The van der Waals surface area contributed by atoms with E-state index in [9.17, 15) is 34.2 Å². The summed E-state index contributed by atoms with van der Waals surface area (Å²) < 4.78 is 0. The zero-order chi connectivity index (χ0) is 33.2. The highest BCUT2D eigenvalue weighted by molar-refractivity contribution is 5.96. The maximum absolute atomic E-state index is 13.6. The molecule has 0 aliphatic rings. The Kier molecular flexibility index (Phi) is 11.1. The van der Waals surface area contributed by atoms with Crippen LogP contribution in [-0.4, -0.2) is 69.0 Å². The second kappa shape index (κ2) is 15.3. The summed E-state index contributed by atoms with van der Waals surface area (Å²) in [5, 5.41) is 27.8. The molecular weight excluding hydrogens is 592 g/mol. The Morgan fingerprint density at radius 3 is 1.96 bits per heavy atom. The number of carbonyl (C=O) groups is 5. The van der Waals surface area contributed by atoms with Gasteiger partial charge in [0.05, 0.1) is 12.5 Å². The minimum Gasteiger partial charge on any atom is -0.508 e. The molecule has 0 spiro atoms. The largest absolute Gasteiger partial charge is 0.508 e. The number of amides is 4. The summed E-state index contributed by atoms with van der Waals surface area (Å²) in [4.78, 5) is 67.1. The average molecular weight is 629 g/mol. The van der Waals surface area contributed by atoms with Crippen molar-refractivity contribution < 1.29 is 34.2 Å². The molecule has 46 heavy (non-hydrogen) atoms. The van der Waals surface area contributed by atoms with E-state index < -0.39 is 60.2 Å². The van der Waals surface area contributed by atoms with Crippen molar-refractivity contribution in [3.05, 3.63) is 102 Å². The van der Waals surface area contributed by atoms with Crippen LogP contribution in [0.15, 0.2) is 85.1 Å². The van der Waals surface area contributed by atoms with E-state index in [2.05, 4.69) is 20.9 Å². The molecule has 0 aliphatic carbocycles. The summed E-state index contributed by atoms with van der Waals surface area (Å²) >= 11 is 0. The lowest BCUT2D eigenvalue weighted by Gasteiger charge is -2.25. The first-order valence-electron chi connectivity index (χ1n) is 14.5. The third-order valence-electron chi connectivity index (χ3n) is 7.40. The van der Waals surface area contributed by atoms with Gasteiger partial charge in [0.25, 0.3) is 0 Å². The fourth-order valence-electron chi connectivity index (χ4n) is 4.99. The number of hydrogen-bond donors (Lipinski definition) is 8. The number of para-hydroxylation sites is 1. The van der Waals surface area contributed by atoms with Crippen molar-refractivity contribution in [3.63, 3.8) is 0 Å². The molecule has 0 saturated carbocycles. The van der Waals surface area contributed by atoms with Gasteiger partial charge in [-0.15, -0.1) is 0 Å². The van der Waals surface area contributed by atoms with Crippen LogP contribution in [0.5, 0.6) is 5.75 Å². The van der Waals surface area contributed by atoms with Crippen molar-refractivity contribution in [2.75, 3.05) is 0 Å². The molecule has 4 unspecified atom stereocenters. The summed E-state index contributed by atoms with van der Waals surface area (Å²) in [6, 6.07) is 17.0. The van der Waals surface area contributed by atoms with Crippen molar-refractivity contribution in [3.8, 4) is 5.75 Å². The molecule has 0 radical (unpaired) electrons. The molecule has 13 heteroatoms. The highest BCUT2D eigenvalue weighted by Crippen LogP contribution is 2.19. The molecule has 3 aromatic carbocycles. The number of aromatic nitrogens is 1. The number of fused-ring (bicyclic) bond motifs is 1. The van der Waals surface area contributed by atoms with Crippen molar-refractivity contribution in [1.82, 2.24) is 20.9 Å². The molecule has 0 saturated heterocycles. The zero-order valence-electron chi connectivity index (χ0n) is 24.8. The molecular formula is C33H36N6O7. The summed E-state index contributed by atoms with van der Waals surface area (Å²) in [5.74, 6) is -4.67. The van der Waals surface area contributed by atoms with Gasteiger partial charge in [0.1, 0.15) is 23.9 Å². The van der Waals surface area contributed by atoms with E-state index in [-0.39, 0.29) is 25.0 Å². The summed E-state index contributed by atoms with van der Waals surface area (Å²) in [6.07, 6.45) is 1.07. The predicted molar refractivity (Wildman–Crippen MR) is 169 cm³/mol. The van der Waals surface area contributed by atoms with Crippen LogP contribution in [0.4, 0.5) is 0 Å². The van der Waals surface area contributed by atoms with Crippen LogP contribution in [0.3, 0.4) is 0 Å². The Labute approximate surface area is 264 Å². The number of H-pyrrole nitrogens is 1. The number of aliphatic carboxylic acids is 1. The quantitative estimate of drug-likeness (QED) is 0.0929. The molecule has 4 aromatic rings. The number of primary amides is 1. The number of carboxylic acids is 1. The Balaban J connectivity index is 1.50. The first kappa shape index (κ1) is 33.2. The monoisotopic (exact) mass is 628 g/mol. The van der Waals surface area contributed by atoms with Crippen LogP contribution >= 0.6 is 0 Å². The highest BCUT2D eigenvalue weighted by atomic mass is 16.4. The molecule has 0 aliphatic heterocycles. The minimum atomic E-state index is -1.55. The second-order valence-corrected chi connectivity index (χ2v) is 10.9. The molecule has 10 N–H and O–H groups in total. The third-order valence-corrected chi connectivity index (χ3v) is 7.40. The average Bonchev–Trinajstić information content (AvgIpc) is 3.43. The minimum absolute atomic E-state index is 0.00233. The lowest BCUT2D eigenvalue weighted by molar-refractivity contribution is -0.142. The number of phenols is 1. The van der Waals surface area contributed by atoms with Gasteiger partial charge >= 0.3 is 5.97 Å². The van der Waals surface area contributed by atoms with E-state index in [1.165, 1.54) is 12.1 Å². The lowest BCUT2D eigenvalue weighted by atomic mass is 10.0. The maximum atomic E-state index is 13.6. The van der Waals surface area contributed by atoms with Crippen molar-refractivity contribution in [2.24, 2.45) is 11.5 Å². The molecule has 4 atom stereocenters. The van der Waals surface area contributed by atoms with E-state index in [1.54, 1.807) is 36.5 Å². The van der Waals surface area contributed by atoms with Crippen molar-refractivity contribution in [2.45, 2.75) is 49.9 Å². The number of rotatable bonds is 15. The fraction of sp³-hybridized carbons (Fsp3) is 0.242. The fourth-order valence-corrected chi connectivity index (χ4v) is 4.99. The molecule has 1 heterocycles. The van der Waals surface area contributed by atoms with Crippen LogP contribution < -0.4 is 27.4 Å². The second-order valence-electron chi connectivity index (χ2n) is 10.9. The molecule has 13 nitrogen and oxygen atoms in total. The molecule has 0 fully saturated rings. The molecule has 1 aromatic heterocycles. The van der Waals surface area contributed by atoms with E-state index in [4.69, 9.17) is 11.5 Å². The lowest BCUT2D eigenvalue weighted by Crippen LogP contribution is -2.58. The number of benzene rings is 3. The van der Waals surface area contributed by atoms with E-state index in [1.807, 2.05) is 36.4 Å². The number of nitrogens with one attached hydrogen (secondary N) is 4. The van der Waals surface area contributed by atoms with Gasteiger partial charge in [-0.2, -0.15) is 0 Å². The summed E-state index contributed by atoms with van der Waals surface area (Å²) in [7, 11) is 0. The Bertz CT molecular complexity index is 1690.